The van der Waals surface area contributed by atoms with Gasteiger partial charge in [0.2, 0.25) is 0 Å². The smallest absolute Gasteiger partial charge is 0.258 e. The minimum absolute atomic E-state index is 0.105. The molecule has 0 heterocycles. The Hall–Kier alpha value is -1.75. The van der Waals surface area contributed by atoms with Crippen LogP contribution in [0.5, 0.6) is 11.5 Å². The molecule has 0 saturated carbocycles. The van der Waals surface area contributed by atoms with Crippen molar-refractivity contribution in [2.75, 3.05) is 20.3 Å². The molecule has 1 aromatic carbocycles. The van der Waals surface area contributed by atoms with Gasteiger partial charge in [0.15, 0.2) is 18.1 Å². The highest BCUT2D eigenvalue weighted by Gasteiger charge is 2.08. The molecular weight excluding hydrogens is 234 g/mol. The van der Waals surface area contributed by atoms with E-state index in [1.807, 2.05) is 19.1 Å². The number of aliphatic hydroxyl groups excluding tert-OH is 1. The van der Waals surface area contributed by atoms with E-state index in [2.05, 4.69) is 5.32 Å². The number of ether oxygens (including phenoxy) is 2. The monoisotopic (exact) mass is 253 g/mol. The molecule has 5 heteroatoms. The Labute approximate surface area is 107 Å². The molecule has 2 N–H and O–H groups in total. The van der Waals surface area contributed by atoms with Crippen LogP contribution in [-0.4, -0.2) is 37.4 Å². The zero-order chi connectivity index (χ0) is 13.5. The van der Waals surface area contributed by atoms with Crippen LogP contribution in [0.2, 0.25) is 0 Å². The fourth-order valence-corrected chi connectivity index (χ4v) is 1.35. The van der Waals surface area contributed by atoms with Crippen molar-refractivity contribution in [2.24, 2.45) is 0 Å². The summed E-state index contributed by atoms with van der Waals surface area (Å²) in [5.41, 5.74) is 1.05. The van der Waals surface area contributed by atoms with E-state index in [1.165, 1.54) is 0 Å². The lowest BCUT2D eigenvalue weighted by Gasteiger charge is -2.11. The molecule has 0 unspecified atom stereocenters. The van der Waals surface area contributed by atoms with Crippen LogP contribution in [0, 0.1) is 6.92 Å². The molecule has 1 rings (SSSR count). The maximum atomic E-state index is 11.4. The number of amides is 1. The second-order valence-electron chi connectivity index (χ2n) is 4.10. The summed E-state index contributed by atoms with van der Waals surface area (Å²) in [5, 5.41) is 11.6. The summed E-state index contributed by atoms with van der Waals surface area (Å²) in [6.07, 6.45) is -0.567. The standard InChI is InChI=1S/C13H19NO4/c1-9-4-5-11(12(6-9)17-3)18-8-13(16)14-7-10(2)15/h4-6,10,15H,7-8H2,1-3H3,(H,14,16)/t10-/m1/s1. The number of rotatable bonds is 6. The van der Waals surface area contributed by atoms with E-state index in [9.17, 15) is 4.79 Å². The lowest BCUT2D eigenvalue weighted by Crippen LogP contribution is -2.34. The first-order chi connectivity index (χ1) is 8.52. The summed E-state index contributed by atoms with van der Waals surface area (Å²) in [7, 11) is 1.55. The number of aryl methyl sites for hydroxylation is 1. The highest BCUT2D eigenvalue weighted by molar-refractivity contribution is 5.77. The number of benzene rings is 1. The van der Waals surface area contributed by atoms with E-state index < -0.39 is 6.10 Å². The van der Waals surface area contributed by atoms with Crippen LogP contribution in [0.4, 0.5) is 0 Å². The summed E-state index contributed by atoms with van der Waals surface area (Å²) in [6.45, 7) is 3.66. The first-order valence-corrected chi connectivity index (χ1v) is 5.75. The van der Waals surface area contributed by atoms with Gasteiger partial charge in [-0.15, -0.1) is 0 Å². The maximum Gasteiger partial charge on any atom is 0.258 e. The average molecular weight is 253 g/mol. The van der Waals surface area contributed by atoms with E-state index in [0.717, 1.165) is 5.56 Å². The van der Waals surface area contributed by atoms with Crippen LogP contribution in [0.25, 0.3) is 0 Å². The van der Waals surface area contributed by atoms with Crippen molar-refractivity contribution in [2.45, 2.75) is 20.0 Å². The number of methoxy groups -OCH3 is 1. The molecule has 1 atom stereocenters. The molecular formula is C13H19NO4. The second kappa shape index (κ2) is 6.86. The summed E-state index contributed by atoms with van der Waals surface area (Å²) >= 11 is 0. The molecule has 0 aliphatic rings. The highest BCUT2D eigenvalue weighted by atomic mass is 16.5. The van der Waals surface area contributed by atoms with Crippen LogP contribution in [0.1, 0.15) is 12.5 Å². The largest absolute Gasteiger partial charge is 0.493 e. The highest BCUT2D eigenvalue weighted by Crippen LogP contribution is 2.27. The molecule has 18 heavy (non-hydrogen) atoms. The van der Waals surface area contributed by atoms with Crippen molar-refractivity contribution in [1.82, 2.24) is 5.32 Å². The molecule has 0 aromatic heterocycles. The number of aliphatic hydroxyl groups is 1. The van der Waals surface area contributed by atoms with E-state index in [0.29, 0.717) is 11.5 Å². The van der Waals surface area contributed by atoms with Gasteiger partial charge in [-0.25, -0.2) is 0 Å². The first-order valence-electron chi connectivity index (χ1n) is 5.75. The molecule has 100 valence electrons. The first kappa shape index (κ1) is 14.3. The molecule has 0 radical (unpaired) electrons. The van der Waals surface area contributed by atoms with Crippen molar-refractivity contribution >= 4 is 5.91 Å². The van der Waals surface area contributed by atoms with Gasteiger partial charge in [-0.05, 0) is 31.5 Å². The van der Waals surface area contributed by atoms with Gasteiger partial charge in [0.1, 0.15) is 0 Å². The summed E-state index contributed by atoms with van der Waals surface area (Å²) in [6, 6.07) is 5.48. The summed E-state index contributed by atoms with van der Waals surface area (Å²) in [5.74, 6) is 0.840. The third-order valence-electron chi connectivity index (χ3n) is 2.27. The van der Waals surface area contributed by atoms with E-state index >= 15 is 0 Å². The van der Waals surface area contributed by atoms with Crippen molar-refractivity contribution in [3.05, 3.63) is 23.8 Å². The van der Waals surface area contributed by atoms with Gasteiger partial charge in [-0.1, -0.05) is 6.07 Å². The molecule has 5 nitrogen and oxygen atoms in total. The minimum atomic E-state index is -0.567. The second-order valence-corrected chi connectivity index (χ2v) is 4.10. The Morgan fingerprint density at radius 1 is 1.44 bits per heavy atom. The number of hydrogen-bond donors (Lipinski definition) is 2. The third kappa shape index (κ3) is 4.63. The van der Waals surface area contributed by atoms with Crippen LogP contribution in [-0.2, 0) is 4.79 Å². The Morgan fingerprint density at radius 2 is 2.17 bits per heavy atom. The number of nitrogens with one attached hydrogen (secondary N) is 1. The molecule has 1 amide bonds. The molecule has 1 aromatic rings. The molecule has 0 spiro atoms. The molecule has 0 fully saturated rings. The minimum Gasteiger partial charge on any atom is -0.493 e. The van der Waals surface area contributed by atoms with Crippen LogP contribution < -0.4 is 14.8 Å². The molecule has 0 aliphatic heterocycles. The molecule has 0 saturated heterocycles. The Balaban J connectivity index is 2.50. The van der Waals surface area contributed by atoms with Gasteiger partial charge in [0.25, 0.3) is 5.91 Å². The van der Waals surface area contributed by atoms with Crippen molar-refractivity contribution in [3.63, 3.8) is 0 Å². The quantitative estimate of drug-likeness (QED) is 0.789. The van der Waals surface area contributed by atoms with Crippen LogP contribution >= 0.6 is 0 Å². The summed E-state index contributed by atoms with van der Waals surface area (Å²) in [4.78, 5) is 11.4. The number of carbonyl (C=O) groups is 1. The van der Waals surface area contributed by atoms with Gasteiger partial charge in [0, 0.05) is 6.54 Å². The average Bonchev–Trinajstić information content (AvgIpc) is 2.34. The van der Waals surface area contributed by atoms with Gasteiger partial charge in [0.05, 0.1) is 13.2 Å². The third-order valence-corrected chi connectivity index (χ3v) is 2.27. The molecule has 0 aliphatic carbocycles. The fourth-order valence-electron chi connectivity index (χ4n) is 1.35. The van der Waals surface area contributed by atoms with Crippen molar-refractivity contribution in [3.8, 4) is 11.5 Å². The lowest BCUT2D eigenvalue weighted by atomic mass is 10.2. The van der Waals surface area contributed by atoms with Gasteiger partial charge in [-0.2, -0.15) is 0 Å². The Bertz CT molecular complexity index is 404. The van der Waals surface area contributed by atoms with Gasteiger partial charge in [-0.3, -0.25) is 4.79 Å². The zero-order valence-electron chi connectivity index (χ0n) is 10.9. The summed E-state index contributed by atoms with van der Waals surface area (Å²) < 4.78 is 10.5. The topological polar surface area (TPSA) is 67.8 Å². The Kier molecular flexibility index (Phi) is 5.45. The molecule has 0 bridgehead atoms. The van der Waals surface area contributed by atoms with E-state index in [4.69, 9.17) is 14.6 Å². The van der Waals surface area contributed by atoms with E-state index in [1.54, 1.807) is 20.1 Å². The van der Waals surface area contributed by atoms with Crippen LogP contribution in [0.15, 0.2) is 18.2 Å². The Morgan fingerprint density at radius 3 is 2.78 bits per heavy atom. The van der Waals surface area contributed by atoms with Crippen molar-refractivity contribution < 1.29 is 19.4 Å². The van der Waals surface area contributed by atoms with Gasteiger partial charge >= 0.3 is 0 Å². The SMILES string of the molecule is COc1cc(C)ccc1OCC(=O)NC[C@@H](C)O. The predicted octanol–water partition coefficient (Wildman–Crippen LogP) is 0.879. The normalized spacial score (nSPS) is 11.8. The lowest BCUT2D eigenvalue weighted by molar-refractivity contribution is -0.123. The number of carbonyl (C=O) groups excluding carboxylic acids is 1. The van der Waals surface area contributed by atoms with Gasteiger partial charge < -0.3 is 19.9 Å². The maximum absolute atomic E-state index is 11.4. The number of hydrogen-bond acceptors (Lipinski definition) is 4. The van der Waals surface area contributed by atoms with Crippen LogP contribution in [0.3, 0.4) is 0 Å². The fraction of sp³-hybridized carbons (Fsp3) is 0.462. The van der Waals surface area contributed by atoms with E-state index in [-0.39, 0.29) is 19.1 Å². The predicted molar refractivity (Wildman–Crippen MR) is 67.9 cm³/mol. The zero-order valence-corrected chi connectivity index (χ0v) is 10.9. The van der Waals surface area contributed by atoms with Crippen molar-refractivity contribution in [1.29, 1.82) is 0 Å².